The van der Waals surface area contributed by atoms with Gasteiger partial charge in [-0.1, -0.05) is 48.5 Å². The van der Waals surface area contributed by atoms with E-state index in [-0.39, 0.29) is 24.5 Å². The summed E-state index contributed by atoms with van der Waals surface area (Å²) in [5.41, 5.74) is 9.64. The zero-order chi connectivity index (χ0) is 24.2. The van der Waals surface area contributed by atoms with Gasteiger partial charge in [-0.25, -0.2) is 4.79 Å². The third-order valence-corrected chi connectivity index (χ3v) is 6.97. The van der Waals surface area contributed by atoms with Crippen LogP contribution in [0.3, 0.4) is 0 Å². The Morgan fingerprint density at radius 1 is 1.03 bits per heavy atom. The van der Waals surface area contributed by atoms with Crippen molar-refractivity contribution in [1.29, 1.82) is 0 Å². The van der Waals surface area contributed by atoms with E-state index < -0.39 is 12.2 Å². The number of nitrogens with two attached hydrogens (primary N) is 1. The number of aromatic nitrogens is 1. The van der Waals surface area contributed by atoms with Gasteiger partial charge < -0.3 is 29.8 Å². The second-order valence-corrected chi connectivity index (χ2v) is 9.19. The Labute approximate surface area is 204 Å². The largest absolute Gasteiger partial charge is 0.445 e. The molecular formula is C27H31N3O5. The molecule has 2 aliphatic heterocycles. The minimum atomic E-state index is -0.494. The third kappa shape index (κ3) is 5.18. The van der Waals surface area contributed by atoms with Crippen LogP contribution in [0.2, 0.25) is 0 Å². The lowest BCUT2D eigenvalue weighted by molar-refractivity contribution is -0.122. The van der Waals surface area contributed by atoms with Crippen molar-refractivity contribution in [3.63, 3.8) is 0 Å². The summed E-state index contributed by atoms with van der Waals surface area (Å²) in [5.74, 6) is -0.968. The first kappa shape index (κ1) is 23.4. The van der Waals surface area contributed by atoms with E-state index >= 15 is 0 Å². The van der Waals surface area contributed by atoms with Crippen molar-refractivity contribution in [2.45, 2.75) is 38.1 Å². The summed E-state index contributed by atoms with van der Waals surface area (Å²) < 4.78 is 17.3. The van der Waals surface area contributed by atoms with Gasteiger partial charge in [0.2, 0.25) is 5.91 Å². The topological polar surface area (TPSA) is 107 Å². The van der Waals surface area contributed by atoms with E-state index in [9.17, 15) is 9.59 Å². The van der Waals surface area contributed by atoms with Crippen LogP contribution in [0, 0.1) is 5.92 Å². The zero-order valence-electron chi connectivity index (χ0n) is 19.7. The van der Waals surface area contributed by atoms with Crippen molar-refractivity contribution in [2.24, 2.45) is 11.7 Å². The number of hydrogen-bond acceptors (Lipinski definition) is 5. The summed E-state index contributed by atoms with van der Waals surface area (Å²) in [6.45, 7) is 2.19. The smallest absolute Gasteiger partial charge is 0.410 e. The van der Waals surface area contributed by atoms with Crippen molar-refractivity contribution in [3.8, 4) is 0 Å². The number of aromatic amines is 1. The van der Waals surface area contributed by atoms with E-state index in [0.717, 1.165) is 27.7 Å². The van der Waals surface area contributed by atoms with Gasteiger partial charge in [0, 0.05) is 35.6 Å². The van der Waals surface area contributed by atoms with Crippen LogP contribution in [0.25, 0.3) is 10.9 Å². The van der Waals surface area contributed by atoms with E-state index in [2.05, 4.69) is 4.98 Å². The van der Waals surface area contributed by atoms with Crippen molar-refractivity contribution < 1.29 is 23.8 Å². The molecule has 1 fully saturated rings. The molecule has 0 saturated carbocycles. The number of ether oxygens (including phenoxy) is 3. The van der Waals surface area contributed by atoms with Gasteiger partial charge in [-0.2, -0.15) is 0 Å². The fourth-order valence-electron chi connectivity index (χ4n) is 5.15. The molecule has 2 aliphatic rings. The summed E-state index contributed by atoms with van der Waals surface area (Å²) in [6.07, 6.45) is 0.905. The molecule has 184 valence electrons. The summed E-state index contributed by atoms with van der Waals surface area (Å²) in [7, 11) is 0. The first-order valence-electron chi connectivity index (χ1n) is 12.2. The maximum atomic E-state index is 13.1. The normalized spacial score (nSPS) is 21.5. The monoisotopic (exact) mass is 477 g/mol. The van der Waals surface area contributed by atoms with Gasteiger partial charge in [-0.05, 0) is 36.5 Å². The second kappa shape index (κ2) is 10.5. The molecule has 8 heteroatoms. The quantitative estimate of drug-likeness (QED) is 0.596. The molecule has 8 nitrogen and oxygen atoms in total. The lowest BCUT2D eigenvalue weighted by atomic mass is 9.85. The number of fused-ring (bicyclic) bond motifs is 3. The van der Waals surface area contributed by atoms with Crippen LogP contribution < -0.4 is 5.73 Å². The van der Waals surface area contributed by atoms with Gasteiger partial charge in [0.05, 0.1) is 19.1 Å². The number of para-hydroxylation sites is 1. The number of benzene rings is 2. The molecule has 3 aromatic rings. The van der Waals surface area contributed by atoms with Crippen LogP contribution in [-0.2, 0) is 32.0 Å². The van der Waals surface area contributed by atoms with Crippen LogP contribution in [0.1, 0.15) is 35.6 Å². The fourth-order valence-corrected chi connectivity index (χ4v) is 5.15. The number of rotatable bonds is 4. The van der Waals surface area contributed by atoms with Crippen LogP contribution >= 0.6 is 0 Å². The maximum Gasteiger partial charge on any atom is 0.410 e. The Balaban J connectivity index is 1.45. The minimum Gasteiger partial charge on any atom is -0.445 e. The van der Waals surface area contributed by atoms with Crippen LogP contribution in [0.5, 0.6) is 0 Å². The summed E-state index contributed by atoms with van der Waals surface area (Å²) in [4.78, 5) is 31.0. The molecule has 5 rings (SSSR count). The van der Waals surface area contributed by atoms with Gasteiger partial charge in [0.1, 0.15) is 6.61 Å². The molecule has 0 unspecified atom stereocenters. The molecule has 3 heterocycles. The Hall–Kier alpha value is -3.36. The zero-order valence-corrected chi connectivity index (χ0v) is 19.7. The number of H-pyrrole nitrogens is 1. The van der Waals surface area contributed by atoms with Crippen LogP contribution in [0.15, 0.2) is 54.6 Å². The molecule has 0 spiro atoms. The molecule has 1 saturated heterocycles. The number of carbonyl (C=O) groups excluding carboxylic acids is 2. The highest BCUT2D eigenvalue weighted by Crippen LogP contribution is 2.36. The van der Waals surface area contributed by atoms with Gasteiger partial charge in [-0.15, -0.1) is 0 Å². The molecule has 2 amide bonds. The molecule has 2 aromatic carbocycles. The van der Waals surface area contributed by atoms with Gasteiger partial charge in [-0.3, -0.25) is 4.79 Å². The molecule has 35 heavy (non-hydrogen) atoms. The number of nitrogens with one attached hydrogen (secondary N) is 1. The Bertz CT molecular complexity index is 1170. The predicted octanol–water partition coefficient (Wildman–Crippen LogP) is 3.70. The first-order chi connectivity index (χ1) is 17.1. The van der Waals surface area contributed by atoms with E-state index in [4.69, 9.17) is 19.9 Å². The highest BCUT2D eigenvalue weighted by atomic mass is 16.7. The number of amides is 2. The molecule has 0 radical (unpaired) electrons. The average Bonchev–Trinajstić information content (AvgIpc) is 3.53. The third-order valence-electron chi connectivity index (χ3n) is 6.97. The van der Waals surface area contributed by atoms with E-state index in [1.165, 1.54) is 0 Å². The van der Waals surface area contributed by atoms with Gasteiger partial charge >= 0.3 is 6.09 Å². The van der Waals surface area contributed by atoms with Crippen molar-refractivity contribution in [3.05, 3.63) is 71.4 Å². The van der Waals surface area contributed by atoms with E-state index in [1.807, 2.05) is 54.6 Å². The second-order valence-electron chi connectivity index (χ2n) is 9.19. The summed E-state index contributed by atoms with van der Waals surface area (Å²) in [5, 5.41) is 1.04. The van der Waals surface area contributed by atoms with E-state index in [1.54, 1.807) is 4.90 Å². The SMILES string of the molecule is NC(=O)[C@@H]1C[C@H](C2OCCO2)CCN(C(=O)OCc2ccccc2)CCc2c1[nH]c1ccccc21. The van der Waals surface area contributed by atoms with Gasteiger partial charge in [0.25, 0.3) is 0 Å². The molecule has 2 atom stereocenters. The number of carbonyl (C=O) groups is 2. The summed E-state index contributed by atoms with van der Waals surface area (Å²) in [6, 6.07) is 17.6. The van der Waals surface area contributed by atoms with Crippen LogP contribution in [-0.4, -0.2) is 54.5 Å². The number of nitrogens with zero attached hydrogens (tertiary/aromatic N) is 1. The number of hydrogen-bond donors (Lipinski definition) is 2. The average molecular weight is 478 g/mol. The predicted molar refractivity (Wildman–Crippen MR) is 131 cm³/mol. The van der Waals surface area contributed by atoms with Crippen molar-refractivity contribution in [2.75, 3.05) is 26.3 Å². The Morgan fingerprint density at radius 2 is 1.77 bits per heavy atom. The Kier molecular flexibility index (Phi) is 7.01. The standard InChI is InChI=1S/C27H31N3O5/c28-25(31)22-16-19(26-33-14-15-34-26)10-12-30(27(32)35-17-18-6-2-1-3-7-18)13-11-21-20-8-4-5-9-23(20)29-24(21)22/h1-9,19,22,26,29H,10-17H2,(H2,28,31)/t19-,22-/m1/s1. The van der Waals surface area contributed by atoms with Crippen LogP contribution in [0.4, 0.5) is 4.79 Å². The molecule has 0 aliphatic carbocycles. The minimum absolute atomic E-state index is 0.100. The van der Waals surface area contributed by atoms with Crippen molar-refractivity contribution in [1.82, 2.24) is 9.88 Å². The van der Waals surface area contributed by atoms with E-state index in [0.29, 0.717) is 45.6 Å². The fraction of sp³-hybridized carbons (Fsp3) is 0.407. The molecule has 3 N–H and O–H groups in total. The highest BCUT2D eigenvalue weighted by molar-refractivity contribution is 5.89. The first-order valence-corrected chi connectivity index (χ1v) is 12.2. The highest BCUT2D eigenvalue weighted by Gasteiger charge is 2.35. The maximum absolute atomic E-state index is 13.1. The lowest BCUT2D eigenvalue weighted by Gasteiger charge is -2.30. The Morgan fingerprint density at radius 3 is 2.54 bits per heavy atom. The van der Waals surface area contributed by atoms with Crippen molar-refractivity contribution >= 4 is 22.9 Å². The molecule has 0 bridgehead atoms. The van der Waals surface area contributed by atoms with Gasteiger partial charge in [0.15, 0.2) is 6.29 Å². The number of primary amides is 1. The summed E-state index contributed by atoms with van der Waals surface area (Å²) >= 11 is 0. The molecular weight excluding hydrogens is 446 g/mol. The lowest BCUT2D eigenvalue weighted by Crippen LogP contribution is -2.38. The molecule has 1 aromatic heterocycles.